The SMILES string of the molecule is O=C1c2c(ccc3c2OCO3)CC1Br. The van der Waals surface area contributed by atoms with Gasteiger partial charge in [0.1, 0.15) is 0 Å². The fourth-order valence-corrected chi connectivity index (χ4v) is 2.47. The summed E-state index contributed by atoms with van der Waals surface area (Å²) in [5, 5.41) is 0. The van der Waals surface area contributed by atoms with Crippen molar-refractivity contribution in [1.29, 1.82) is 0 Å². The average Bonchev–Trinajstić information content (AvgIpc) is 2.72. The fraction of sp³-hybridized carbons (Fsp3) is 0.300. The molecule has 3 rings (SSSR count). The van der Waals surface area contributed by atoms with Crippen molar-refractivity contribution in [2.45, 2.75) is 11.2 Å². The van der Waals surface area contributed by atoms with E-state index in [-0.39, 0.29) is 17.4 Å². The molecule has 0 amide bonds. The van der Waals surface area contributed by atoms with Crippen LogP contribution in [0.1, 0.15) is 15.9 Å². The Morgan fingerprint density at radius 1 is 1.36 bits per heavy atom. The Morgan fingerprint density at radius 2 is 2.21 bits per heavy atom. The van der Waals surface area contributed by atoms with Gasteiger partial charge in [0.2, 0.25) is 6.79 Å². The molecule has 1 heterocycles. The highest BCUT2D eigenvalue weighted by Crippen LogP contribution is 2.42. The fourth-order valence-electron chi connectivity index (χ4n) is 1.90. The molecule has 0 spiro atoms. The van der Waals surface area contributed by atoms with Crippen LogP contribution in [0, 0.1) is 0 Å². The Hall–Kier alpha value is -1.03. The number of hydrogen-bond acceptors (Lipinski definition) is 3. The number of ketones is 1. The van der Waals surface area contributed by atoms with Crippen molar-refractivity contribution in [3.8, 4) is 11.5 Å². The van der Waals surface area contributed by atoms with E-state index in [0.717, 1.165) is 12.0 Å². The molecular formula is C10H7BrO3. The summed E-state index contributed by atoms with van der Waals surface area (Å²) in [4.78, 5) is 11.7. The van der Waals surface area contributed by atoms with Crippen molar-refractivity contribution < 1.29 is 14.3 Å². The molecule has 1 aromatic carbocycles. The monoisotopic (exact) mass is 254 g/mol. The second-order valence-corrected chi connectivity index (χ2v) is 4.47. The van der Waals surface area contributed by atoms with Gasteiger partial charge >= 0.3 is 0 Å². The van der Waals surface area contributed by atoms with Gasteiger partial charge in [0, 0.05) is 0 Å². The van der Waals surface area contributed by atoms with E-state index in [4.69, 9.17) is 9.47 Å². The minimum atomic E-state index is -0.104. The van der Waals surface area contributed by atoms with Crippen LogP contribution in [0.3, 0.4) is 0 Å². The number of halogens is 1. The van der Waals surface area contributed by atoms with E-state index in [1.807, 2.05) is 12.1 Å². The first-order valence-corrected chi connectivity index (χ1v) is 5.28. The summed E-state index contributed by atoms with van der Waals surface area (Å²) in [6.07, 6.45) is 0.741. The first-order valence-electron chi connectivity index (χ1n) is 4.37. The van der Waals surface area contributed by atoms with Crippen LogP contribution in [0.5, 0.6) is 11.5 Å². The van der Waals surface area contributed by atoms with Gasteiger partial charge in [-0.15, -0.1) is 0 Å². The van der Waals surface area contributed by atoms with Gasteiger partial charge < -0.3 is 9.47 Å². The third kappa shape index (κ3) is 0.945. The topological polar surface area (TPSA) is 35.5 Å². The summed E-state index contributed by atoms with van der Waals surface area (Å²) in [5.74, 6) is 1.40. The maximum Gasteiger partial charge on any atom is 0.231 e. The molecule has 0 bridgehead atoms. The third-order valence-corrected chi connectivity index (χ3v) is 3.30. The second kappa shape index (κ2) is 2.73. The molecule has 4 heteroatoms. The predicted octanol–water partition coefficient (Wildman–Crippen LogP) is 1.92. The standard InChI is InChI=1S/C10H7BrO3/c11-6-3-5-1-2-7-10(14-4-13-7)8(5)9(6)12/h1-2,6H,3-4H2. The van der Waals surface area contributed by atoms with E-state index in [1.54, 1.807) is 0 Å². The summed E-state index contributed by atoms with van der Waals surface area (Å²) in [5.41, 5.74) is 1.74. The Morgan fingerprint density at radius 3 is 3.07 bits per heavy atom. The summed E-state index contributed by atoms with van der Waals surface area (Å²) < 4.78 is 10.5. The normalized spacial score (nSPS) is 22.6. The number of carbonyl (C=O) groups is 1. The molecule has 1 aromatic rings. The summed E-state index contributed by atoms with van der Waals surface area (Å²) in [6.45, 7) is 0.214. The summed E-state index contributed by atoms with van der Waals surface area (Å²) in [6, 6.07) is 3.79. The maximum atomic E-state index is 11.8. The quantitative estimate of drug-likeness (QED) is 0.664. The molecule has 0 N–H and O–H groups in total. The van der Waals surface area contributed by atoms with Crippen LogP contribution in [-0.4, -0.2) is 17.4 Å². The van der Waals surface area contributed by atoms with Gasteiger partial charge in [-0.2, -0.15) is 0 Å². The van der Waals surface area contributed by atoms with Gasteiger partial charge in [-0.05, 0) is 18.1 Å². The highest BCUT2D eigenvalue weighted by atomic mass is 79.9. The van der Waals surface area contributed by atoms with Gasteiger partial charge in [-0.1, -0.05) is 22.0 Å². The molecule has 0 saturated carbocycles. The molecular weight excluding hydrogens is 248 g/mol. The van der Waals surface area contributed by atoms with Crippen molar-refractivity contribution in [3.05, 3.63) is 23.3 Å². The van der Waals surface area contributed by atoms with E-state index in [2.05, 4.69) is 15.9 Å². The molecule has 1 unspecified atom stereocenters. The molecule has 1 atom stereocenters. The molecule has 3 nitrogen and oxygen atoms in total. The van der Waals surface area contributed by atoms with Gasteiger partial charge in [-0.3, -0.25) is 4.79 Å². The van der Waals surface area contributed by atoms with Crippen molar-refractivity contribution in [3.63, 3.8) is 0 Å². The molecule has 0 radical (unpaired) electrons. The Labute approximate surface area is 89.1 Å². The van der Waals surface area contributed by atoms with Crippen LogP contribution in [0.2, 0.25) is 0 Å². The van der Waals surface area contributed by atoms with Crippen LogP contribution in [0.15, 0.2) is 12.1 Å². The Balaban J connectivity index is 2.24. The predicted molar refractivity (Wildman–Crippen MR) is 53.3 cm³/mol. The number of rotatable bonds is 0. The minimum absolute atomic E-state index is 0.0994. The lowest BCUT2D eigenvalue weighted by molar-refractivity contribution is 0.0998. The number of carbonyl (C=O) groups excluding carboxylic acids is 1. The smallest absolute Gasteiger partial charge is 0.231 e. The van der Waals surface area contributed by atoms with Gasteiger partial charge in [0.15, 0.2) is 17.3 Å². The van der Waals surface area contributed by atoms with Crippen molar-refractivity contribution >= 4 is 21.7 Å². The highest BCUT2D eigenvalue weighted by molar-refractivity contribution is 9.10. The van der Waals surface area contributed by atoms with Gasteiger partial charge in [0.05, 0.1) is 10.4 Å². The zero-order valence-electron chi connectivity index (χ0n) is 7.25. The lowest BCUT2D eigenvalue weighted by Crippen LogP contribution is -2.07. The molecule has 0 saturated heterocycles. The van der Waals surface area contributed by atoms with E-state index >= 15 is 0 Å². The first kappa shape index (κ1) is 8.29. The van der Waals surface area contributed by atoms with Crippen LogP contribution in [-0.2, 0) is 6.42 Å². The van der Waals surface area contributed by atoms with Crippen molar-refractivity contribution in [1.82, 2.24) is 0 Å². The highest BCUT2D eigenvalue weighted by Gasteiger charge is 2.34. The zero-order valence-corrected chi connectivity index (χ0v) is 8.83. The molecule has 2 aliphatic rings. The maximum absolute atomic E-state index is 11.8. The number of fused-ring (bicyclic) bond motifs is 3. The molecule has 14 heavy (non-hydrogen) atoms. The number of benzene rings is 1. The Kier molecular flexibility index (Phi) is 1.62. The second-order valence-electron chi connectivity index (χ2n) is 3.37. The average molecular weight is 255 g/mol. The molecule has 1 aliphatic carbocycles. The van der Waals surface area contributed by atoms with Crippen LogP contribution in [0.4, 0.5) is 0 Å². The van der Waals surface area contributed by atoms with Gasteiger partial charge in [-0.25, -0.2) is 0 Å². The molecule has 72 valence electrons. The van der Waals surface area contributed by atoms with E-state index in [1.165, 1.54) is 0 Å². The van der Waals surface area contributed by atoms with E-state index in [0.29, 0.717) is 17.1 Å². The first-order chi connectivity index (χ1) is 6.77. The summed E-state index contributed by atoms with van der Waals surface area (Å²) >= 11 is 3.35. The molecule has 0 fully saturated rings. The van der Waals surface area contributed by atoms with Crippen molar-refractivity contribution in [2.75, 3.05) is 6.79 Å². The third-order valence-electron chi connectivity index (χ3n) is 2.56. The number of alkyl halides is 1. The number of ether oxygens (including phenoxy) is 2. The Bertz CT molecular complexity index is 428. The van der Waals surface area contributed by atoms with Gasteiger partial charge in [0.25, 0.3) is 0 Å². The van der Waals surface area contributed by atoms with Crippen LogP contribution >= 0.6 is 15.9 Å². The zero-order chi connectivity index (χ0) is 9.71. The lowest BCUT2D eigenvalue weighted by Gasteiger charge is -2.01. The number of hydrogen-bond donors (Lipinski definition) is 0. The minimum Gasteiger partial charge on any atom is -0.454 e. The van der Waals surface area contributed by atoms with E-state index < -0.39 is 0 Å². The van der Waals surface area contributed by atoms with Crippen molar-refractivity contribution in [2.24, 2.45) is 0 Å². The van der Waals surface area contributed by atoms with Crippen LogP contribution < -0.4 is 9.47 Å². The molecule has 1 aliphatic heterocycles. The van der Waals surface area contributed by atoms with E-state index in [9.17, 15) is 4.79 Å². The van der Waals surface area contributed by atoms with Crippen LogP contribution in [0.25, 0.3) is 0 Å². The number of Topliss-reactive ketones (excluding diaryl/α,β-unsaturated/α-hetero) is 1. The molecule has 0 aromatic heterocycles. The summed E-state index contributed by atoms with van der Waals surface area (Å²) in [7, 11) is 0. The largest absolute Gasteiger partial charge is 0.454 e. The lowest BCUT2D eigenvalue weighted by atomic mass is 10.1.